The first-order chi connectivity index (χ1) is 7.97. The average molecular weight is 356 g/mol. The van der Waals surface area contributed by atoms with Crippen molar-refractivity contribution in [2.45, 2.75) is 33.6 Å². The summed E-state index contributed by atoms with van der Waals surface area (Å²) in [7, 11) is 0. The van der Waals surface area contributed by atoms with Crippen LogP contribution in [0.5, 0.6) is 0 Å². The molecule has 4 heteroatoms. The van der Waals surface area contributed by atoms with Crippen molar-refractivity contribution in [3.05, 3.63) is 22.8 Å². The first kappa shape index (κ1) is 11.8. The van der Waals surface area contributed by atoms with E-state index in [1.807, 2.05) is 6.20 Å². The van der Waals surface area contributed by atoms with Crippen LogP contribution in [0.3, 0.4) is 0 Å². The molecule has 1 aliphatic rings. The van der Waals surface area contributed by atoms with Gasteiger partial charge in [0.2, 0.25) is 0 Å². The molecule has 0 atom stereocenters. The molecule has 0 aliphatic heterocycles. The number of pyridine rings is 1. The zero-order chi connectivity index (χ0) is 12.2. The molecule has 2 aromatic heterocycles. The molecule has 90 valence electrons. The number of halogens is 1. The van der Waals surface area contributed by atoms with Crippen molar-refractivity contribution >= 4 is 44.9 Å². The van der Waals surface area contributed by atoms with E-state index in [1.54, 1.807) is 0 Å². The SMILES string of the molecule is [CH3][Sn]([CH3])([CH3])[c]1cc2ncc(C3CC3)c(Cl)c2o1. The molecule has 1 saturated carbocycles. The fourth-order valence-electron chi connectivity index (χ4n) is 2.01. The predicted octanol–water partition coefficient (Wildman–Crippen LogP) is 3.90. The second-order valence-corrected chi connectivity index (χ2v) is 20.5. The Balaban J connectivity index is 2.19. The van der Waals surface area contributed by atoms with Crippen molar-refractivity contribution in [1.82, 2.24) is 4.98 Å². The molecule has 0 radical (unpaired) electrons. The molecule has 3 rings (SSSR count). The van der Waals surface area contributed by atoms with Gasteiger partial charge in [0.15, 0.2) is 0 Å². The number of rotatable bonds is 2. The van der Waals surface area contributed by atoms with Gasteiger partial charge in [-0.3, -0.25) is 0 Å². The quantitative estimate of drug-likeness (QED) is 0.763. The number of furan rings is 1. The molecule has 0 saturated heterocycles. The second kappa shape index (κ2) is 3.89. The van der Waals surface area contributed by atoms with Gasteiger partial charge in [0.25, 0.3) is 0 Å². The molecule has 2 aromatic rings. The van der Waals surface area contributed by atoms with Crippen LogP contribution in [0.2, 0.25) is 19.8 Å². The summed E-state index contributed by atoms with van der Waals surface area (Å²) in [4.78, 5) is 11.5. The molecule has 0 unspecified atom stereocenters. The van der Waals surface area contributed by atoms with E-state index in [2.05, 4.69) is 25.9 Å². The third kappa shape index (κ3) is 2.10. The predicted molar refractivity (Wildman–Crippen MR) is 74.0 cm³/mol. The monoisotopic (exact) mass is 357 g/mol. The van der Waals surface area contributed by atoms with E-state index < -0.39 is 18.4 Å². The summed E-state index contributed by atoms with van der Waals surface area (Å²) < 4.78 is 7.13. The van der Waals surface area contributed by atoms with Gasteiger partial charge in [-0.1, -0.05) is 0 Å². The van der Waals surface area contributed by atoms with E-state index in [-0.39, 0.29) is 0 Å². The molecule has 1 aliphatic carbocycles. The molecule has 17 heavy (non-hydrogen) atoms. The van der Waals surface area contributed by atoms with E-state index in [9.17, 15) is 0 Å². The van der Waals surface area contributed by atoms with Gasteiger partial charge in [0.1, 0.15) is 0 Å². The Morgan fingerprint density at radius 2 is 2.06 bits per heavy atom. The summed E-state index contributed by atoms with van der Waals surface area (Å²) in [5.74, 6) is 0.617. The van der Waals surface area contributed by atoms with Crippen LogP contribution in [0.1, 0.15) is 24.3 Å². The summed E-state index contributed by atoms with van der Waals surface area (Å²) in [5.41, 5.74) is 2.89. The maximum atomic E-state index is 6.43. The standard InChI is InChI=1S/C10H7ClNO.3CH3.Sn/c11-9-7(6-1-2-6)5-12-8-3-4-13-10(8)9;;;;/h3,5-6H,1-2H2;3*1H3;. The van der Waals surface area contributed by atoms with Gasteiger partial charge >= 0.3 is 111 Å². The van der Waals surface area contributed by atoms with Crippen molar-refractivity contribution < 1.29 is 4.42 Å². The zero-order valence-electron chi connectivity index (χ0n) is 10.4. The Morgan fingerprint density at radius 3 is 2.65 bits per heavy atom. The van der Waals surface area contributed by atoms with E-state index in [1.165, 1.54) is 18.4 Å². The minimum atomic E-state index is -2.16. The maximum absolute atomic E-state index is 6.43. The van der Waals surface area contributed by atoms with Gasteiger partial charge in [-0.2, -0.15) is 0 Å². The third-order valence-electron chi connectivity index (χ3n) is 3.26. The van der Waals surface area contributed by atoms with Gasteiger partial charge in [0.05, 0.1) is 0 Å². The van der Waals surface area contributed by atoms with Gasteiger partial charge < -0.3 is 0 Å². The van der Waals surface area contributed by atoms with Crippen LogP contribution >= 0.6 is 11.6 Å². The summed E-state index contributed by atoms with van der Waals surface area (Å²) in [5, 5.41) is 0.791. The molecule has 2 heterocycles. The Bertz CT molecular complexity index is 581. The van der Waals surface area contributed by atoms with Crippen LogP contribution in [-0.4, -0.2) is 23.4 Å². The van der Waals surface area contributed by atoms with Crippen LogP contribution < -0.4 is 3.78 Å². The topological polar surface area (TPSA) is 26.0 Å². The number of fused-ring (bicyclic) bond motifs is 1. The Morgan fingerprint density at radius 1 is 1.35 bits per heavy atom. The molecular formula is C13H16ClNOSn. The van der Waals surface area contributed by atoms with Crippen molar-refractivity contribution in [3.63, 3.8) is 0 Å². The molecular weight excluding hydrogens is 340 g/mol. The second-order valence-electron chi connectivity index (χ2n) is 5.88. The molecule has 2 nitrogen and oxygen atoms in total. The van der Waals surface area contributed by atoms with Crippen molar-refractivity contribution in [1.29, 1.82) is 0 Å². The zero-order valence-corrected chi connectivity index (χ0v) is 14.0. The molecule has 0 aromatic carbocycles. The fraction of sp³-hybridized carbons (Fsp3) is 0.462. The number of aromatic nitrogens is 1. The van der Waals surface area contributed by atoms with E-state index in [0.29, 0.717) is 5.92 Å². The van der Waals surface area contributed by atoms with Crippen molar-refractivity contribution in [2.75, 3.05) is 0 Å². The van der Waals surface area contributed by atoms with E-state index >= 15 is 0 Å². The Kier molecular flexibility index (Phi) is 2.71. The number of nitrogens with zero attached hydrogens (tertiary/aromatic N) is 1. The molecule has 0 spiro atoms. The van der Waals surface area contributed by atoms with E-state index in [0.717, 1.165) is 19.9 Å². The van der Waals surface area contributed by atoms with Crippen LogP contribution in [0.4, 0.5) is 0 Å². The summed E-state index contributed by atoms with van der Waals surface area (Å²) >= 11 is 4.27. The van der Waals surface area contributed by atoms with Crippen molar-refractivity contribution in [3.8, 4) is 0 Å². The normalized spacial score (nSPS) is 16.7. The fourth-order valence-corrected chi connectivity index (χ4v) is 5.14. The van der Waals surface area contributed by atoms with Crippen LogP contribution in [0.15, 0.2) is 16.7 Å². The first-order valence-electron chi connectivity index (χ1n) is 6.05. The summed E-state index contributed by atoms with van der Waals surface area (Å²) in [6.07, 6.45) is 4.40. The van der Waals surface area contributed by atoms with Crippen LogP contribution in [0.25, 0.3) is 11.1 Å². The Hall–Kier alpha value is -0.221. The molecule has 1 fully saturated rings. The van der Waals surface area contributed by atoms with Gasteiger partial charge in [-0.15, -0.1) is 0 Å². The molecule has 0 bridgehead atoms. The summed E-state index contributed by atoms with van der Waals surface area (Å²) in [6, 6.07) is 2.09. The number of hydrogen-bond donors (Lipinski definition) is 0. The van der Waals surface area contributed by atoms with Gasteiger partial charge in [-0.05, 0) is 0 Å². The van der Waals surface area contributed by atoms with Crippen molar-refractivity contribution in [2.24, 2.45) is 0 Å². The van der Waals surface area contributed by atoms with Gasteiger partial charge in [0, 0.05) is 0 Å². The number of hydrogen-bond acceptors (Lipinski definition) is 2. The molecule has 0 N–H and O–H groups in total. The molecule has 0 amide bonds. The van der Waals surface area contributed by atoms with Crippen LogP contribution in [-0.2, 0) is 0 Å². The van der Waals surface area contributed by atoms with Gasteiger partial charge in [-0.25, -0.2) is 0 Å². The third-order valence-corrected chi connectivity index (χ3v) is 8.58. The van der Waals surface area contributed by atoms with E-state index in [4.69, 9.17) is 16.0 Å². The first-order valence-corrected chi connectivity index (χ1v) is 16.4. The van der Waals surface area contributed by atoms with Crippen LogP contribution in [0, 0.1) is 0 Å². The summed E-state index contributed by atoms with van der Waals surface area (Å²) in [6.45, 7) is 0. The average Bonchev–Trinajstić information content (AvgIpc) is 2.95. The Labute approximate surface area is 110 Å². The minimum absolute atomic E-state index is 0.617.